The van der Waals surface area contributed by atoms with E-state index in [9.17, 15) is 4.39 Å². The van der Waals surface area contributed by atoms with Crippen molar-refractivity contribution < 1.29 is 4.39 Å². The van der Waals surface area contributed by atoms with E-state index in [1.165, 1.54) is 10.9 Å². The van der Waals surface area contributed by atoms with E-state index in [4.69, 9.17) is 0 Å². The second-order valence-electron chi connectivity index (χ2n) is 3.94. The van der Waals surface area contributed by atoms with Gasteiger partial charge in [-0.3, -0.25) is 0 Å². The van der Waals surface area contributed by atoms with Gasteiger partial charge in [-0.25, -0.2) is 4.39 Å². The molecule has 0 bridgehead atoms. The molecule has 0 N–H and O–H groups in total. The third kappa shape index (κ3) is 2.80. The van der Waals surface area contributed by atoms with E-state index in [0.717, 1.165) is 14.9 Å². The van der Waals surface area contributed by atoms with Gasteiger partial charge in [0, 0.05) is 19.8 Å². The molecule has 2 rings (SSSR count). The fourth-order valence-electron chi connectivity index (χ4n) is 1.62. The average Bonchev–Trinajstić information content (AvgIpc) is 2.62. The van der Waals surface area contributed by atoms with Crippen LogP contribution in [0, 0.1) is 19.7 Å². The standard InChI is InChI=1S/C13H11Br2FS/c1-7-3-4-11(16)9(5-7)13(15)12-6-10(14)8(2)17-12/h3-6,13H,1-2H3. The van der Waals surface area contributed by atoms with E-state index in [1.54, 1.807) is 17.4 Å². The largest absolute Gasteiger partial charge is 0.207 e. The van der Waals surface area contributed by atoms with E-state index in [-0.39, 0.29) is 10.6 Å². The van der Waals surface area contributed by atoms with Gasteiger partial charge in [-0.15, -0.1) is 11.3 Å². The number of alkyl halides is 1. The van der Waals surface area contributed by atoms with Crippen molar-refractivity contribution in [1.82, 2.24) is 0 Å². The molecule has 0 nitrogen and oxygen atoms in total. The Morgan fingerprint density at radius 3 is 2.53 bits per heavy atom. The summed E-state index contributed by atoms with van der Waals surface area (Å²) in [6, 6.07) is 7.24. The van der Waals surface area contributed by atoms with Crippen molar-refractivity contribution in [1.29, 1.82) is 0 Å². The van der Waals surface area contributed by atoms with Crippen LogP contribution in [0.2, 0.25) is 0 Å². The van der Waals surface area contributed by atoms with Crippen molar-refractivity contribution in [3.8, 4) is 0 Å². The number of rotatable bonds is 2. The predicted octanol–water partition coefficient (Wildman–Crippen LogP) is 5.75. The van der Waals surface area contributed by atoms with Crippen molar-refractivity contribution >= 4 is 43.2 Å². The van der Waals surface area contributed by atoms with Crippen molar-refractivity contribution in [2.75, 3.05) is 0 Å². The van der Waals surface area contributed by atoms with Gasteiger partial charge >= 0.3 is 0 Å². The van der Waals surface area contributed by atoms with Gasteiger partial charge in [-0.05, 0) is 41.9 Å². The van der Waals surface area contributed by atoms with Crippen LogP contribution in [0.5, 0.6) is 0 Å². The van der Waals surface area contributed by atoms with Gasteiger partial charge in [0.2, 0.25) is 0 Å². The van der Waals surface area contributed by atoms with Crippen LogP contribution in [0.15, 0.2) is 28.7 Å². The molecule has 0 saturated heterocycles. The lowest BCUT2D eigenvalue weighted by atomic mass is 10.1. The lowest BCUT2D eigenvalue weighted by Gasteiger charge is -2.10. The van der Waals surface area contributed by atoms with E-state index in [1.807, 2.05) is 26.0 Å². The Hall–Kier alpha value is -0.190. The first-order chi connectivity index (χ1) is 7.99. The fraction of sp³-hybridized carbons (Fsp3) is 0.231. The normalized spacial score (nSPS) is 12.8. The molecule has 0 radical (unpaired) electrons. The maximum atomic E-state index is 13.8. The quantitative estimate of drug-likeness (QED) is 0.584. The Morgan fingerprint density at radius 1 is 1.24 bits per heavy atom. The van der Waals surface area contributed by atoms with Crippen molar-refractivity contribution in [3.05, 3.63) is 55.4 Å². The summed E-state index contributed by atoms with van der Waals surface area (Å²) >= 11 is 8.73. The van der Waals surface area contributed by atoms with E-state index < -0.39 is 0 Å². The second-order valence-corrected chi connectivity index (χ2v) is 7.00. The Balaban J connectivity index is 2.42. The maximum absolute atomic E-state index is 13.8. The molecule has 1 unspecified atom stereocenters. The minimum atomic E-state index is -0.167. The minimum absolute atomic E-state index is 0.0857. The van der Waals surface area contributed by atoms with Crippen LogP contribution in [-0.2, 0) is 0 Å². The Labute approximate surface area is 121 Å². The second kappa shape index (κ2) is 5.21. The number of hydrogen-bond acceptors (Lipinski definition) is 1. The highest BCUT2D eigenvalue weighted by molar-refractivity contribution is 9.10. The number of halogens is 3. The lowest BCUT2D eigenvalue weighted by Crippen LogP contribution is -1.95. The molecule has 1 aromatic heterocycles. The summed E-state index contributed by atoms with van der Waals surface area (Å²) in [5.41, 5.74) is 1.76. The summed E-state index contributed by atoms with van der Waals surface area (Å²) in [5, 5.41) is 0. The van der Waals surface area contributed by atoms with Crippen molar-refractivity contribution in [3.63, 3.8) is 0 Å². The van der Waals surface area contributed by atoms with Gasteiger partial charge in [0.15, 0.2) is 0 Å². The minimum Gasteiger partial charge on any atom is -0.207 e. The maximum Gasteiger partial charge on any atom is 0.127 e. The van der Waals surface area contributed by atoms with Gasteiger partial charge in [0.05, 0.1) is 4.83 Å². The highest BCUT2D eigenvalue weighted by atomic mass is 79.9. The number of thiophene rings is 1. The van der Waals surface area contributed by atoms with Gasteiger partial charge < -0.3 is 0 Å². The zero-order valence-electron chi connectivity index (χ0n) is 9.43. The summed E-state index contributed by atoms with van der Waals surface area (Å²) in [6.45, 7) is 4.02. The molecule has 0 saturated carbocycles. The van der Waals surface area contributed by atoms with Crippen LogP contribution in [0.25, 0.3) is 0 Å². The smallest absolute Gasteiger partial charge is 0.127 e. The van der Waals surface area contributed by atoms with Gasteiger partial charge in [-0.2, -0.15) is 0 Å². The summed E-state index contributed by atoms with van der Waals surface area (Å²) < 4.78 is 14.9. The highest BCUT2D eigenvalue weighted by Crippen LogP contribution is 2.39. The molecule has 4 heteroatoms. The molecule has 1 heterocycles. The molecular weight excluding hydrogens is 367 g/mol. The third-order valence-corrected chi connectivity index (χ3v) is 6.04. The van der Waals surface area contributed by atoms with Crippen LogP contribution >= 0.6 is 43.2 Å². The van der Waals surface area contributed by atoms with Gasteiger partial charge in [-0.1, -0.05) is 33.6 Å². The molecule has 2 aromatic rings. The number of benzene rings is 1. The molecule has 0 amide bonds. The molecule has 17 heavy (non-hydrogen) atoms. The van der Waals surface area contributed by atoms with E-state index in [0.29, 0.717) is 5.56 Å². The first kappa shape index (κ1) is 13.2. The summed E-state index contributed by atoms with van der Waals surface area (Å²) in [6.07, 6.45) is 0. The Kier molecular flexibility index (Phi) is 4.06. The molecule has 0 aliphatic carbocycles. The van der Waals surface area contributed by atoms with Crippen LogP contribution in [-0.4, -0.2) is 0 Å². The zero-order valence-corrected chi connectivity index (χ0v) is 13.4. The molecular formula is C13H11Br2FS. The molecule has 0 spiro atoms. The lowest BCUT2D eigenvalue weighted by molar-refractivity contribution is 0.613. The molecule has 0 aliphatic heterocycles. The van der Waals surface area contributed by atoms with Crippen molar-refractivity contribution in [2.45, 2.75) is 18.7 Å². The van der Waals surface area contributed by atoms with Gasteiger partial charge in [0.25, 0.3) is 0 Å². The molecule has 90 valence electrons. The third-order valence-electron chi connectivity index (χ3n) is 2.55. The summed E-state index contributed by atoms with van der Waals surface area (Å²) in [4.78, 5) is 2.23. The molecule has 1 atom stereocenters. The monoisotopic (exact) mass is 376 g/mol. The Morgan fingerprint density at radius 2 is 1.94 bits per heavy atom. The van der Waals surface area contributed by atoms with Crippen molar-refractivity contribution in [2.24, 2.45) is 0 Å². The molecule has 1 aromatic carbocycles. The zero-order chi connectivity index (χ0) is 12.6. The van der Waals surface area contributed by atoms with Gasteiger partial charge in [0.1, 0.15) is 5.82 Å². The van der Waals surface area contributed by atoms with E-state index >= 15 is 0 Å². The van der Waals surface area contributed by atoms with E-state index in [2.05, 4.69) is 31.9 Å². The topological polar surface area (TPSA) is 0 Å². The Bertz CT molecular complexity index is 529. The molecule has 0 aliphatic rings. The average molecular weight is 378 g/mol. The van der Waals surface area contributed by atoms with Crippen LogP contribution < -0.4 is 0 Å². The fourth-order valence-corrected chi connectivity index (χ4v) is 3.94. The van der Waals surface area contributed by atoms with Crippen LogP contribution in [0.3, 0.4) is 0 Å². The highest BCUT2D eigenvalue weighted by Gasteiger charge is 2.17. The molecule has 0 fully saturated rings. The number of hydrogen-bond donors (Lipinski definition) is 0. The summed E-state index contributed by atoms with van der Waals surface area (Å²) in [5.74, 6) is -0.167. The van der Waals surface area contributed by atoms with Crippen LogP contribution in [0.4, 0.5) is 4.39 Å². The first-order valence-electron chi connectivity index (χ1n) is 5.15. The summed E-state index contributed by atoms with van der Waals surface area (Å²) in [7, 11) is 0. The predicted molar refractivity (Wildman–Crippen MR) is 78.7 cm³/mol. The first-order valence-corrected chi connectivity index (χ1v) is 7.67. The SMILES string of the molecule is Cc1ccc(F)c(C(Br)c2cc(Br)c(C)s2)c1. The van der Waals surface area contributed by atoms with Crippen LogP contribution in [0.1, 0.15) is 25.7 Å². The number of aryl methyl sites for hydroxylation is 2.